The highest BCUT2D eigenvalue weighted by Crippen LogP contribution is 2.58. The van der Waals surface area contributed by atoms with Gasteiger partial charge in [0.2, 0.25) is 0 Å². The van der Waals surface area contributed by atoms with Crippen LogP contribution in [0.25, 0.3) is 11.1 Å². The van der Waals surface area contributed by atoms with Gasteiger partial charge in [0.15, 0.2) is 0 Å². The third-order valence-electron chi connectivity index (χ3n) is 9.02. The van der Waals surface area contributed by atoms with Crippen molar-refractivity contribution in [3.05, 3.63) is 154 Å². The number of terminal acetylenes is 4. The average molecular weight is 661 g/mol. The molecule has 6 N–H and O–H groups in total. The number of phenols is 2. The highest BCUT2D eigenvalue weighted by molar-refractivity contribution is 5.93. The van der Waals surface area contributed by atoms with Gasteiger partial charge in [-0.05, 0) is 95.1 Å². The summed E-state index contributed by atoms with van der Waals surface area (Å²) in [7, 11) is 0. The van der Waals surface area contributed by atoms with Crippen molar-refractivity contribution in [3.8, 4) is 95.0 Å². The minimum atomic E-state index is -1.01. The zero-order valence-corrected chi connectivity index (χ0v) is 27.1. The third-order valence-corrected chi connectivity index (χ3v) is 9.02. The van der Waals surface area contributed by atoms with Crippen molar-refractivity contribution in [1.29, 1.82) is 0 Å². The fourth-order valence-electron chi connectivity index (χ4n) is 6.75. The molecule has 0 aliphatic heterocycles. The molecule has 0 saturated heterocycles. The largest absolute Gasteiger partial charge is 0.506 e. The Bertz CT molecular complexity index is 2380. The van der Waals surface area contributed by atoms with Gasteiger partial charge in [0.25, 0.3) is 0 Å². The molecule has 51 heavy (non-hydrogen) atoms. The summed E-state index contributed by atoms with van der Waals surface area (Å²) in [4.78, 5) is 0. The van der Waals surface area contributed by atoms with Gasteiger partial charge in [-0.25, -0.2) is 0 Å². The fraction of sp³-hybridized carbons (Fsp3) is 0.0222. The predicted octanol–water partition coefficient (Wildman–Crippen LogP) is 8.14. The number of rotatable bonds is 6. The molecule has 0 heterocycles. The summed E-state index contributed by atoms with van der Waals surface area (Å²) in [6.45, 7) is 0. The monoisotopic (exact) mass is 660 g/mol. The third kappa shape index (κ3) is 5.28. The molecule has 0 aromatic heterocycles. The number of hydrogen-bond donors (Lipinski definition) is 4. The number of fused-ring (bicyclic) bond motifs is 3. The summed E-state index contributed by atoms with van der Waals surface area (Å²) in [5.74, 6) is 13.2. The van der Waals surface area contributed by atoms with Crippen molar-refractivity contribution in [2.45, 2.75) is 5.41 Å². The van der Waals surface area contributed by atoms with Gasteiger partial charge in [0.05, 0.1) is 16.8 Å². The van der Waals surface area contributed by atoms with Crippen LogP contribution in [0.4, 0.5) is 11.4 Å². The molecule has 242 valence electrons. The van der Waals surface area contributed by atoms with Gasteiger partial charge in [-0.1, -0.05) is 47.9 Å². The minimum absolute atomic E-state index is 0.0304. The van der Waals surface area contributed by atoms with E-state index in [9.17, 15) is 10.2 Å². The van der Waals surface area contributed by atoms with Crippen LogP contribution >= 0.6 is 0 Å². The summed E-state index contributed by atoms with van der Waals surface area (Å²) in [5.41, 5.74) is 18.6. The van der Waals surface area contributed by atoms with Gasteiger partial charge in [0, 0.05) is 45.5 Å². The van der Waals surface area contributed by atoms with Crippen LogP contribution in [0.3, 0.4) is 0 Å². The number of aromatic hydroxyl groups is 2. The molecular formula is C45H28N2O4. The molecule has 0 fully saturated rings. The Morgan fingerprint density at radius 1 is 0.471 bits per heavy atom. The van der Waals surface area contributed by atoms with E-state index in [4.69, 9.17) is 46.6 Å². The first-order valence-corrected chi connectivity index (χ1v) is 15.7. The van der Waals surface area contributed by atoms with Crippen LogP contribution in [0.1, 0.15) is 44.5 Å². The van der Waals surface area contributed by atoms with E-state index in [-0.39, 0.29) is 22.9 Å². The molecule has 6 aromatic carbocycles. The normalized spacial score (nSPS) is 11.9. The molecule has 0 atom stereocenters. The lowest BCUT2D eigenvalue weighted by Crippen LogP contribution is -2.29. The second-order valence-corrected chi connectivity index (χ2v) is 11.9. The Balaban J connectivity index is 1.48. The van der Waals surface area contributed by atoms with Gasteiger partial charge in [-0.15, -0.1) is 25.7 Å². The molecule has 0 unspecified atom stereocenters. The number of anilines is 2. The lowest BCUT2D eigenvalue weighted by atomic mass is 9.67. The summed E-state index contributed by atoms with van der Waals surface area (Å²) in [6, 6.07) is 32.2. The van der Waals surface area contributed by atoms with Crippen LogP contribution in [-0.4, -0.2) is 10.2 Å². The van der Waals surface area contributed by atoms with Gasteiger partial charge in [-0.2, -0.15) is 0 Å². The maximum Gasteiger partial charge on any atom is 0.138 e. The van der Waals surface area contributed by atoms with Crippen molar-refractivity contribution in [3.63, 3.8) is 0 Å². The summed E-state index contributed by atoms with van der Waals surface area (Å²) >= 11 is 0. The van der Waals surface area contributed by atoms with Crippen LogP contribution in [0.5, 0.6) is 34.5 Å². The number of ether oxygens (including phenoxy) is 2. The molecule has 1 aliphatic carbocycles. The molecule has 0 bridgehead atoms. The lowest BCUT2D eigenvalue weighted by Gasteiger charge is -2.34. The Morgan fingerprint density at radius 3 is 1.18 bits per heavy atom. The molecule has 0 radical (unpaired) electrons. The molecule has 0 amide bonds. The Labute approximate surface area is 295 Å². The van der Waals surface area contributed by atoms with Gasteiger partial charge in [0.1, 0.15) is 34.5 Å². The Hall–Kier alpha value is -7.64. The zero-order chi connectivity index (χ0) is 35.9. The number of nitrogens with two attached hydrogens (primary N) is 2. The number of hydrogen-bond acceptors (Lipinski definition) is 6. The van der Waals surface area contributed by atoms with Gasteiger partial charge < -0.3 is 31.2 Å². The van der Waals surface area contributed by atoms with Crippen molar-refractivity contribution in [1.82, 2.24) is 0 Å². The number of benzene rings is 6. The predicted molar refractivity (Wildman–Crippen MR) is 201 cm³/mol. The fourth-order valence-corrected chi connectivity index (χ4v) is 6.75. The van der Waals surface area contributed by atoms with E-state index in [0.717, 1.165) is 33.4 Å². The number of phenolic OH excluding ortho intramolecular Hbond substituents is 2. The molecular weight excluding hydrogens is 633 g/mol. The first-order chi connectivity index (χ1) is 24.7. The molecule has 1 aliphatic rings. The van der Waals surface area contributed by atoms with E-state index < -0.39 is 5.41 Å². The quantitative estimate of drug-likeness (QED) is 0.0815. The van der Waals surface area contributed by atoms with Crippen molar-refractivity contribution < 1.29 is 19.7 Å². The minimum Gasteiger partial charge on any atom is -0.506 e. The van der Waals surface area contributed by atoms with Crippen LogP contribution in [-0.2, 0) is 5.41 Å². The zero-order valence-electron chi connectivity index (χ0n) is 27.1. The van der Waals surface area contributed by atoms with E-state index in [2.05, 4.69) is 23.7 Å². The van der Waals surface area contributed by atoms with E-state index in [1.54, 1.807) is 24.3 Å². The van der Waals surface area contributed by atoms with Crippen molar-refractivity contribution in [2.75, 3.05) is 11.5 Å². The molecule has 0 saturated carbocycles. The van der Waals surface area contributed by atoms with E-state index in [0.29, 0.717) is 45.3 Å². The van der Waals surface area contributed by atoms with Gasteiger partial charge >= 0.3 is 0 Å². The maximum absolute atomic E-state index is 9.87. The van der Waals surface area contributed by atoms with E-state index in [1.165, 1.54) is 12.1 Å². The summed E-state index contributed by atoms with van der Waals surface area (Å²) in [5, 5.41) is 19.7. The summed E-state index contributed by atoms with van der Waals surface area (Å²) < 4.78 is 12.2. The summed E-state index contributed by atoms with van der Waals surface area (Å²) in [6.07, 6.45) is 24.3. The van der Waals surface area contributed by atoms with Gasteiger partial charge in [-0.3, -0.25) is 0 Å². The van der Waals surface area contributed by atoms with Crippen molar-refractivity contribution >= 4 is 11.4 Å². The smallest absolute Gasteiger partial charge is 0.138 e. The first-order valence-electron chi connectivity index (χ1n) is 15.7. The number of nitrogen functional groups attached to an aromatic ring is 2. The van der Waals surface area contributed by atoms with Crippen LogP contribution in [0, 0.1) is 49.4 Å². The highest BCUT2D eigenvalue weighted by Gasteiger charge is 2.48. The van der Waals surface area contributed by atoms with E-state index in [1.807, 2.05) is 72.8 Å². The maximum atomic E-state index is 9.87. The van der Waals surface area contributed by atoms with Crippen LogP contribution in [0.15, 0.2) is 109 Å². The second-order valence-electron chi connectivity index (χ2n) is 11.9. The molecule has 0 spiro atoms. The lowest BCUT2D eigenvalue weighted by molar-refractivity contribution is 0.466. The van der Waals surface area contributed by atoms with E-state index >= 15 is 0 Å². The Morgan fingerprint density at radius 2 is 0.843 bits per heavy atom. The molecule has 6 heteroatoms. The first kappa shape index (κ1) is 31.9. The Kier molecular flexibility index (Phi) is 7.78. The standard InChI is InChI=1S/C45H28N2O4/c1-5-27-21-29(7-3)43-37(23-27)45(38-24-28(6-2)22-30(8-4)44(38)43,31-9-13-33(14-10-31)50-35-17-19-41(48)39(46)25-35)32-11-15-34(16-12-32)51-36-18-20-42(49)40(47)26-36/h1-4,9-26,48-49H,46-47H2. The molecule has 7 rings (SSSR count). The highest BCUT2D eigenvalue weighted by atomic mass is 16.5. The second kappa shape index (κ2) is 12.4. The molecule has 6 aromatic rings. The topological polar surface area (TPSA) is 111 Å². The van der Waals surface area contributed by atoms with Crippen molar-refractivity contribution in [2.24, 2.45) is 0 Å². The van der Waals surface area contributed by atoms with Crippen LogP contribution < -0.4 is 20.9 Å². The SMILES string of the molecule is C#Cc1cc(C#C)c2c(c1)C(c1ccc(Oc3ccc(O)c(N)c3)cc1)(c1ccc(Oc3ccc(O)c(N)c3)cc1)c1cc(C#C)cc(C#C)c1-2. The molecule has 6 nitrogen and oxygen atoms in total. The van der Waals surface area contributed by atoms with Crippen LogP contribution in [0.2, 0.25) is 0 Å². The average Bonchev–Trinajstić information content (AvgIpc) is 3.45.